The van der Waals surface area contributed by atoms with E-state index in [0.717, 1.165) is 38.7 Å². The first-order valence-corrected chi connectivity index (χ1v) is 9.31. The number of nitrogens with zero attached hydrogens (tertiary/aromatic N) is 1. The molecule has 20 heavy (non-hydrogen) atoms. The van der Waals surface area contributed by atoms with Gasteiger partial charge in [-0.3, -0.25) is 4.79 Å². The molecule has 0 saturated carbocycles. The Hall–Kier alpha value is -0.660. The van der Waals surface area contributed by atoms with E-state index in [4.69, 9.17) is 5.73 Å². The van der Waals surface area contributed by atoms with Crippen molar-refractivity contribution < 1.29 is 13.2 Å². The van der Waals surface area contributed by atoms with Crippen molar-refractivity contribution in [1.29, 1.82) is 0 Å². The lowest BCUT2D eigenvalue weighted by Gasteiger charge is -2.31. The van der Waals surface area contributed by atoms with Crippen LogP contribution in [0, 0.1) is 5.92 Å². The van der Waals surface area contributed by atoms with Gasteiger partial charge in [0, 0.05) is 12.8 Å². The monoisotopic (exact) mass is 305 g/mol. The van der Waals surface area contributed by atoms with Gasteiger partial charge in [0.25, 0.3) is 0 Å². The van der Waals surface area contributed by atoms with Gasteiger partial charge in [0.1, 0.15) is 9.84 Å². The number of hydrogen-bond acceptors (Lipinski definition) is 5. The number of nitrogens with one attached hydrogen (secondary N) is 1. The van der Waals surface area contributed by atoms with Crippen LogP contribution in [0.2, 0.25) is 0 Å². The normalized spacial score (nSPS) is 19.8. The van der Waals surface area contributed by atoms with E-state index < -0.39 is 15.9 Å². The number of nitrogens with two attached hydrogens (primary N) is 1. The Morgan fingerprint density at radius 2 is 2.00 bits per heavy atom. The lowest BCUT2D eigenvalue weighted by molar-refractivity contribution is -0.122. The van der Waals surface area contributed by atoms with Crippen LogP contribution in [0.3, 0.4) is 0 Å². The number of hydrogen-bond donors (Lipinski definition) is 2. The topological polar surface area (TPSA) is 92.5 Å². The largest absolute Gasteiger partial charge is 0.354 e. The van der Waals surface area contributed by atoms with Crippen molar-refractivity contribution in [3.05, 3.63) is 0 Å². The van der Waals surface area contributed by atoms with Crippen LogP contribution in [0.15, 0.2) is 0 Å². The van der Waals surface area contributed by atoms with Crippen LogP contribution in [-0.4, -0.2) is 63.5 Å². The SMILES string of the molecule is CCN1CCC(CNC(=O)C(N)CCS(C)(=O)=O)CC1. The molecule has 0 aromatic rings. The second kappa shape index (κ2) is 7.95. The first-order chi connectivity index (χ1) is 9.31. The molecule has 7 heteroatoms. The maximum atomic E-state index is 11.8. The third kappa shape index (κ3) is 6.67. The fraction of sp³-hybridized carbons (Fsp3) is 0.923. The molecule has 0 aliphatic carbocycles. The third-order valence-corrected chi connectivity index (χ3v) is 4.83. The minimum atomic E-state index is -3.06. The summed E-state index contributed by atoms with van der Waals surface area (Å²) in [5.74, 6) is 0.214. The van der Waals surface area contributed by atoms with Gasteiger partial charge in [-0.2, -0.15) is 0 Å². The van der Waals surface area contributed by atoms with Gasteiger partial charge in [0.2, 0.25) is 5.91 Å². The summed E-state index contributed by atoms with van der Waals surface area (Å²) in [6.07, 6.45) is 3.51. The van der Waals surface area contributed by atoms with Crippen molar-refractivity contribution in [2.45, 2.75) is 32.2 Å². The van der Waals surface area contributed by atoms with E-state index in [0.29, 0.717) is 12.5 Å². The highest BCUT2D eigenvalue weighted by molar-refractivity contribution is 7.90. The second-order valence-corrected chi connectivity index (χ2v) is 7.91. The Balaban J connectivity index is 2.22. The zero-order chi connectivity index (χ0) is 15.2. The average Bonchev–Trinajstić information content (AvgIpc) is 2.41. The van der Waals surface area contributed by atoms with Crippen LogP contribution in [0.5, 0.6) is 0 Å². The molecule has 118 valence electrons. The van der Waals surface area contributed by atoms with Crippen molar-refractivity contribution in [2.24, 2.45) is 11.7 Å². The first-order valence-electron chi connectivity index (χ1n) is 7.25. The van der Waals surface area contributed by atoms with Crippen LogP contribution in [-0.2, 0) is 14.6 Å². The van der Waals surface area contributed by atoms with E-state index in [1.165, 1.54) is 0 Å². The van der Waals surface area contributed by atoms with E-state index in [1.807, 2.05) is 0 Å². The van der Waals surface area contributed by atoms with Crippen LogP contribution in [0.1, 0.15) is 26.2 Å². The average molecular weight is 305 g/mol. The fourth-order valence-electron chi connectivity index (χ4n) is 2.35. The van der Waals surface area contributed by atoms with Gasteiger partial charge < -0.3 is 16.0 Å². The molecule has 3 N–H and O–H groups in total. The van der Waals surface area contributed by atoms with Gasteiger partial charge in [0.05, 0.1) is 11.8 Å². The predicted molar refractivity (Wildman–Crippen MR) is 80.2 cm³/mol. The third-order valence-electron chi connectivity index (χ3n) is 3.86. The molecule has 1 saturated heterocycles. The molecule has 6 nitrogen and oxygen atoms in total. The second-order valence-electron chi connectivity index (χ2n) is 5.65. The van der Waals surface area contributed by atoms with Crippen molar-refractivity contribution in [2.75, 3.05) is 38.2 Å². The van der Waals surface area contributed by atoms with Gasteiger partial charge in [-0.1, -0.05) is 6.92 Å². The molecule has 0 spiro atoms. The molecule has 1 amide bonds. The maximum Gasteiger partial charge on any atom is 0.236 e. The number of amides is 1. The standard InChI is InChI=1S/C13H27N3O3S/c1-3-16-7-4-11(5-8-16)10-15-13(17)12(14)6-9-20(2,18)19/h11-12H,3-10,14H2,1-2H3,(H,15,17). The van der Waals surface area contributed by atoms with E-state index in [1.54, 1.807) is 0 Å². The summed E-state index contributed by atoms with van der Waals surface area (Å²) in [6, 6.07) is -0.736. The van der Waals surface area contributed by atoms with Crippen LogP contribution >= 0.6 is 0 Å². The van der Waals surface area contributed by atoms with Gasteiger partial charge in [-0.15, -0.1) is 0 Å². The number of carbonyl (C=O) groups is 1. The molecule has 1 heterocycles. The zero-order valence-electron chi connectivity index (χ0n) is 12.5. The minimum Gasteiger partial charge on any atom is -0.354 e. The highest BCUT2D eigenvalue weighted by Gasteiger charge is 2.20. The van der Waals surface area contributed by atoms with Crippen LogP contribution in [0.4, 0.5) is 0 Å². The highest BCUT2D eigenvalue weighted by atomic mass is 32.2. The van der Waals surface area contributed by atoms with E-state index in [2.05, 4.69) is 17.1 Å². The van der Waals surface area contributed by atoms with Gasteiger partial charge in [0.15, 0.2) is 0 Å². The molecule has 1 aliphatic rings. The Morgan fingerprint density at radius 1 is 1.40 bits per heavy atom. The Labute approximate surface area is 122 Å². The molecule has 0 bridgehead atoms. The zero-order valence-corrected chi connectivity index (χ0v) is 13.3. The summed E-state index contributed by atoms with van der Waals surface area (Å²) < 4.78 is 22.1. The number of piperidine rings is 1. The van der Waals surface area contributed by atoms with E-state index >= 15 is 0 Å². The summed E-state index contributed by atoms with van der Waals surface area (Å²) in [6.45, 7) is 6.04. The number of rotatable bonds is 7. The van der Waals surface area contributed by atoms with Gasteiger partial charge in [-0.05, 0) is 44.8 Å². The summed E-state index contributed by atoms with van der Waals surface area (Å²) in [7, 11) is -3.06. The number of carbonyl (C=O) groups excluding carboxylic acids is 1. The molecule has 0 aromatic heterocycles. The Morgan fingerprint density at radius 3 is 2.50 bits per heavy atom. The quantitative estimate of drug-likeness (QED) is 0.667. The summed E-state index contributed by atoms with van der Waals surface area (Å²) >= 11 is 0. The number of likely N-dealkylation sites (tertiary alicyclic amines) is 1. The van der Waals surface area contributed by atoms with Crippen molar-refractivity contribution in [3.8, 4) is 0 Å². The Bertz CT molecular complexity index is 403. The summed E-state index contributed by atoms with van der Waals surface area (Å²) in [4.78, 5) is 14.2. The maximum absolute atomic E-state index is 11.8. The molecular formula is C13H27N3O3S. The van der Waals surface area contributed by atoms with Crippen molar-refractivity contribution in [1.82, 2.24) is 10.2 Å². The molecule has 1 atom stereocenters. The lowest BCUT2D eigenvalue weighted by atomic mass is 9.96. The molecule has 1 rings (SSSR count). The van der Waals surface area contributed by atoms with Gasteiger partial charge >= 0.3 is 0 Å². The lowest BCUT2D eigenvalue weighted by Crippen LogP contribution is -2.45. The van der Waals surface area contributed by atoms with E-state index in [-0.39, 0.29) is 18.1 Å². The smallest absolute Gasteiger partial charge is 0.236 e. The van der Waals surface area contributed by atoms with Crippen LogP contribution < -0.4 is 11.1 Å². The Kier molecular flexibility index (Phi) is 6.91. The molecular weight excluding hydrogens is 278 g/mol. The summed E-state index contributed by atoms with van der Waals surface area (Å²) in [5, 5.41) is 2.84. The molecule has 0 aromatic carbocycles. The predicted octanol–water partition coefficient (Wildman–Crippen LogP) is -0.403. The first kappa shape index (κ1) is 17.4. The molecule has 1 unspecified atom stereocenters. The molecule has 1 aliphatic heterocycles. The fourth-order valence-corrected chi connectivity index (χ4v) is 3.04. The summed E-state index contributed by atoms with van der Waals surface area (Å²) in [5.41, 5.74) is 5.70. The van der Waals surface area contributed by atoms with Crippen molar-refractivity contribution in [3.63, 3.8) is 0 Å². The number of sulfone groups is 1. The van der Waals surface area contributed by atoms with Crippen LogP contribution in [0.25, 0.3) is 0 Å². The molecule has 1 fully saturated rings. The highest BCUT2D eigenvalue weighted by Crippen LogP contribution is 2.15. The van der Waals surface area contributed by atoms with Crippen molar-refractivity contribution >= 4 is 15.7 Å². The minimum absolute atomic E-state index is 0.0452. The van der Waals surface area contributed by atoms with E-state index in [9.17, 15) is 13.2 Å². The van der Waals surface area contributed by atoms with Gasteiger partial charge in [-0.25, -0.2) is 8.42 Å². The molecule has 0 radical (unpaired) electrons.